The summed E-state index contributed by atoms with van der Waals surface area (Å²) in [4.78, 5) is 4.53. The summed E-state index contributed by atoms with van der Waals surface area (Å²) in [6.07, 6.45) is 7.67. The van der Waals surface area contributed by atoms with E-state index in [0.29, 0.717) is 31.4 Å². The molecule has 3 rings (SSSR count). The van der Waals surface area contributed by atoms with Gasteiger partial charge in [0.1, 0.15) is 0 Å². The van der Waals surface area contributed by atoms with Gasteiger partial charge in [-0.05, 0) is 19.3 Å². The van der Waals surface area contributed by atoms with Crippen molar-refractivity contribution >= 4 is 0 Å². The molecular weight excluding hydrogens is 244 g/mol. The molecule has 19 heavy (non-hydrogen) atoms. The highest BCUT2D eigenvalue weighted by atomic mass is 16.5. The first-order valence-corrected chi connectivity index (χ1v) is 7.44. The van der Waals surface area contributed by atoms with E-state index in [4.69, 9.17) is 9.26 Å². The molecular formula is C14H22N2O3. The maximum Gasteiger partial charge on any atom is 0.234 e. The van der Waals surface area contributed by atoms with E-state index in [1.165, 1.54) is 25.7 Å². The third kappa shape index (κ3) is 2.98. The predicted molar refractivity (Wildman–Crippen MR) is 68.9 cm³/mol. The molecule has 0 radical (unpaired) electrons. The molecule has 2 heterocycles. The van der Waals surface area contributed by atoms with E-state index in [1.807, 2.05) is 0 Å². The summed E-state index contributed by atoms with van der Waals surface area (Å²) in [6, 6.07) is 0. The van der Waals surface area contributed by atoms with Crippen LogP contribution in [0.4, 0.5) is 0 Å². The van der Waals surface area contributed by atoms with Crippen molar-refractivity contribution in [3.05, 3.63) is 11.7 Å². The lowest BCUT2D eigenvalue weighted by molar-refractivity contribution is -0.0149. The van der Waals surface area contributed by atoms with Crippen molar-refractivity contribution in [2.24, 2.45) is 0 Å². The molecule has 1 aromatic rings. The Kier molecular flexibility index (Phi) is 4.13. The molecule has 5 heteroatoms. The Bertz CT molecular complexity index is 399. The van der Waals surface area contributed by atoms with Gasteiger partial charge < -0.3 is 14.4 Å². The fourth-order valence-electron chi connectivity index (χ4n) is 3.06. The van der Waals surface area contributed by atoms with Crippen LogP contribution in [-0.4, -0.2) is 34.6 Å². The number of hydrogen-bond acceptors (Lipinski definition) is 5. The van der Waals surface area contributed by atoms with Crippen LogP contribution in [0.15, 0.2) is 4.52 Å². The van der Waals surface area contributed by atoms with E-state index >= 15 is 0 Å². The van der Waals surface area contributed by atoms with Crippen molar-refractivity contribution in [3.63, 3.8) is 0 Å². The molecule has 1 aliphatic heterocycles. The molecule has 1 saturated heterocycles. The Balaban J connectivity index is 1.71. The summed E-state index contributed by atoms with van der Waals surface area (Å²) in [7, 11) is 0. The van der Waals surface area contributed by atoms with Crippen molar-refractivity contribution < 1.29 is 14.4 Å². The van der Waals surface area contributed by atoms with Crippen LogP contribution >= 0.6 is 0 Å². The molecule has 2 unspecified atom stereocenters. The SMILES string of the molecule is OC1CCOCC1c1nc(C2CCCCCC2)no1. The summed E-state index contributed by atoms with van der Waals surface area (Å²) < 4.78 is 10.8. The number of aromatic nitrogens is 2. The van der Waals surface area contributed by atoms with E-state index < -0.39 is 6.10 Å². The second-order valence-electron chi connectivity index (χ2n) is 5.72. The molecule has 106 valence electrons. The highest BCUT2D eigenvalue weighted by Gasteiger charge is 2.31. The van der Waals surface area contributed by atoms with Gasteiger partial charge in [0.05, 0.1) is 18.6 Å². The van der Waals surface area contributed by atoms with Crippen LogP contribution in [0, 0.1) is 0 Å². The van der Waals surface area contributed by atoms with Crippen molar-refractivity contribution in [1.29, 1.82) is 0 Å². The molecule has 0 amide bonds. The van der Waals surface area contributed by atoms with E-state index in [1.54, 1.807) is 0 Å². The molecule has 0 bridgehead atoms. The van der Waals surface area contributed by atoms with Crippen molar-refractivity contribution in [2.75, 3.05) is 13.2 Å². The first-order chi connectivity index (χ1) is 9.34. The quantitative estimate of drug-likeness (QED) is 0.832. The van der Waals surface area contributed by atoms with Crippen LogP contribution in [0.5, 0.6) is 0 Å². The topological polar surface area (TPSA) is 68.4 Å². The highest BCUT2D eigenvalue weighted by molar-refractivity contribution is 5.02. The average Bonchev–Trinajstić information content (AvgIpc) is 2.75. The van der Waals surface area contributed by atoms with Gasteiger partial charge in [-0.3, -0.25) is 0 Å². The van der Waals surface area contributed by atoms with Crippen LogP contribution in [0.3, 0.4) is 0 Å². The van der Waals surface area contributed by atoms with Gasteiger partial charge in [0.2, 0.25) is 5.89 Å². The standard InChI is InChI=1S/C14H22N2O3/c17-12-7-8-18-9-11(12)14-15-13(16-19-14)10-5-3-1-2-4-6-10/h10-12,17H,1-9H2. The number of nitrogens with zero attached hydrogens (tertiary/aromatic N) is 2. The van der Waals surface area contributed by atoms with Crippen LogP contribution in [-0.2, 0) is 4.74 Å². The largest absolute Gasteiger partial charge is 0.392 e. The Morgan fingerprint density at radius 3 is 2.58 bits per heavy atom. The highest BCUT2D eigenvalue weighted by Crippen LogP contribution is 2.31. The average molecular weight is 266 g/mol. The lowest BCUT2D eigenvalue weighted by Crippen LogP contribution is -2.30. The Morgan fingerprint density at radius 1 is 1.05 bits per heavy atom. The zero-order valence-electron chi connectivity index (χ0n) is 11.3. The van der Waals surface area contributed by atoms with E-state index in [-0.39, 0.29) is 5.92 Å². The van der Waals surface area contributed by atoms with Gasteiger partial charge in [0.25, 0.3) is 0 Å². The second-order valence-corrected chi connectivity index (χ2v) is 5.72. The van der Waals surface area contributed by atoms with E-state index in [2.05, 4.69) is 10.1 Å². The molecule has 1 aromatic heterocycles. The van der Waals surface area contributed by atoms with E-state index in [0.717, 1.165) is 18.7 Å². The minimum absolute atomic E-state index is 0.152. The minimum atomic E-state index is -0.420. The Morgan fingerprint density at radius 2 is 1.84 bits per heavy atom. The third-order valence-electron chi connectivity index (χ3n) is 4.31. The Hall–Kier alpha value is -0.940. The monoisotopic (exact) mass is 266 g/mol. The summed E-state index contributed by atoms with van der Waals surface area (Å²) in [5.41, 5.74) is 0. The fraction of sp³-hybridized carbons (Fsp3) is 0.857. The van der Waals surface area contributed by atoms with Crippen molar-refractivity contribution in [2.45, 2.75) is 62.9 Å². The normalized spacial score (nSPS) is 30.2. The number of rotatable bonds is 2. The molecule has 5 nitrogen and oxygen atoms in total. The molecule has 2 fully saturated rings. The van der Waals surface area contributed by atoms with Gasteiger partial charge in [-0.25, -0.2) is 0 Å². The number of ether oxygens (including phenoxy) is 1. The molecule has 1 aliphatic carbocycles. The van der Waals surface area contributed by atoms with Gasteiger partial charge in [0, 0.05) is 12.5 Å². The summed E-state index contributed by atoms with van der Waals surface area (Å²) in [5.74, 6) is 1.66. The second kappa shape index (κ2) is 6.01. The zero-order valence-corrected chi connectivity index (χ0v) is 11.3. The van der Waals surface area contributed by atoms with Gasteiger partial charge in [-0.15, -0.1) is 0 Å². The van der Waals surface area contributed by atoms with Gasteiger partial charge in [0.15, 0.2) is 5.82 Å². The van der Waals surface area contributed by atoms with Crippen molar-refractivity contribution in [3.8, 4) is 0 Å². The zero-order chi connectivity index (χ0) is 13.1. The molecule has 2 aliphatic rings. The Labute approximate surface area is 113 Å². The molecule has 0 spiro atoms. The first-order valence-electron chi connectivity index (χ1n) is 7.44. The smallest absolute Gasteiger partial charge is 0.234 e. The number of aliphatic hydroxyl groups excluding tert-OH is 1. The lowest BCUT2D eigenvalue weighted by atomic mass is 9.98. The van der Waals surface area contributed by atoms with Crippen LogP contribution in [0.25, 0.3) is 0 Å². The lowest BCUT2D eigenvalue weighted by Gasteiger charge is -2.24. The summed E-state index contributed by atoms with van der Waals surface area (Å²) in [5, 5.41) is 14.1. The molecule has 0 aromatic carbocycles. The maximum absolute atomic E-state index is 9.98. The van der Waals surface area contributed by atoms with Crippen molar-refractivity contribution in [1.82, 2.24) is 10.1 Å². The number of aliphatic hydroxyl groups is 1. The third-order valence-corrected chi connectivity index (χ3v) is 4.31. The van der Waals surface area contributed by atoms with Crippen LogP contribution in [0.1, 0.15) is 68.5 Å². The van der Waals surface area contributed by atoms with E-state index in [9.17, 15) is 5.11 Å². The summed E-state index contributed by atoms with van der Waals surface area (Å²) in [6.45, 7) is 1.09. The molecule has 1 N–H and O–H groups in total. The minimum Gasteiger partial charge on any atom is -0.392 e. The summed E-state index contributed by atoms with van der Waals surface area (Å²) >= 11 is 0. The number of hydrogen-bond donors (Lipinski definition) is 1. The maximum atomic E-state index is 9.98. The van der Waals surface area contributed by atoms with Gasteiger partial charge in [-0.2, -0.15) is 4.98 Å². The van der Waals surface area contributed by atoms with Crippen LogP contribution in [0.2, 0.25) is 0 Å². The molecule has 2 atom stereocenters. The first kappa shape index (κ1) is 13.1. The van der Waals surface area contributed by atoms with Gasteiger partial charge >= 0.3 is 0 Å². The van der Waals surface area contributed by atoms with Gasteiger partial charge in [-0.1, -0.05) is 30.8 Å². The fourth-order valence-corrected chi connectivity index (χ4v) is 3.06. The molecule has 1 saturated carbocycles. The van der Waals surface area contributed by atoms with Crippen LogP contribution < -0.4 is 0 Å². The predicted octanol–water partition coefficient (Wildman–Crippen LogP) is 2.37.